The van der Waals surface area contributed by atoms with Crippen LogP contribution >= 0.6 is 15.2 Å². The molecule has 0 saturated carbocycles. The van der Waals surface area contributed by atoms with Crippen molar-refractivity contribution in [2.75, 3.05) is 30.0 Å². The molecule has 11 N–H and O–H groups in total. The summed E-state index contributed by atoms with van der Waals surface area (Å²) in [5.41, 5.74) is 13.3. The number of hydrogen-bond acceptors (Lipinski definition) is 12. The average molecular weight is 664 g/mol. The van der Waals surface area contributed by atoms with Gasteiger partial charge < -0.3 is 51.7 Å². The van der Waals surface area contributed by atoms with Crippen LogP contribution in [-0.2, 0) is 25.3 Å². The number of anilines is 3. The van der Waals surface area contributed by atoms with Gasteiger partial charge in [0.25, 0.3) is 5.91 Å². The summed E-state index contributed by atoms with van der Waals surface area (Å²) in [7, 11) is -8.74. The number of rotatable bonds is 13. The predicted molar refractivity (Wildman–Crippen MR) is 157 cm³/mol. The quantitative estimate of drug-likeness (QED) is 0.0749. The van der Waals surface area contributed by atoms with E-state index in [0.29, 0.717) is 23.4 Å². The Balaban J connectivity index is 0.00000675. The van der Waals surface area contributed by atoms with Gasteiger partial charge >= 0.3 is 21.2 Å². The molecule has 0 saturated heterocycles. The van der Waals surface area contributed by atoms with E-state index in [1.165, 1.54) is 18.3 Å². The van der Waals surface area contributed by atoms with Crippen molar-refractivity contribution < 1.29 is 48.2 Å². The van der Waals surface area contributed by atoms with Gasteiger partial charge in [-0.1, -0.05) is 0 Å². The molecule has 0 aliphatic carbocycles. The minimum atomic E-state index is -5.25. The molecule has 0 fully saturated rings. The molecule has 0 bridgehead atoms. The molecular formula is C22H29N9NaO10P2. The first kappa shape index (κ1) is 36.9. The van der Waals surface area contributed by atoms with Crippen LogP contribution in [-0.4, -0.2) is 117 Å². The zero-order valence-electron chi connectivity index (χ0n) is 23.4. The molecule has 22 heteroatoms. The van der Waals surface area contributed by atoms with E-state index in [4.69, 9.17) is 31.0 Å². The third-order valence-corrected chi connectivity index (χ3v) is 9.72. The van der Waals surface area contributed by atoms with Gasteiger partial charge in [0.15, 0.2) is 22.4 Å². The number of benzene rings is 1. The van der Waals surface area contributed by atoms with Crippen LogP contribution < -0.4 is 27.0 Å². The molecule has 19 nitrogen and oxygen atoms in total. The Bertz CT molecular complexity index is 1600. The summed E-state index contributed by atoms with van der Waals surface area (Å²) >= 11 is 0. The molecule has 233 valence electrons. The number of aromatic nitrogens is 4. The first-order chi connectivity index (χ1) is 20.0. The molecule has 0 aliphatic heterocycles. The second-order valence-electron chi connectivity index (χ2n) is 9.27. The fourth-order valence-electron chi connectivity index (χ4n) is 3.76. The van der Waals surface area contributed by atoms with Crippen molar-refractivity contribution in [3.63, 3.8) is 0 Å². The van der Waals surface area contributed by atoms with Crippen molar-refractivity contribution in [1.82, 2.24) is 30.6 Å². The van der Waals surface area contributed by atoms with Gasteiger partial charge in [0.1, 0.15) is 6.04 Å². The molecule has 2 amide bonds. The van der Waals surface area contributed by atoms with Gasteiger partial charge in [-0.25, -0.2) is 14.8 Å². The smallest absolute Gasteiger partial charge is 0.342 e. The van der Waals surface area contributed by atoms with Crippen LogP contribution in [0.25, 0.3) is 11.2 Å². The number of nitrogens with zero attached hydrogens (tertiary/aromatic N) is 5. The number of aliphatic carboxylic acids is 1. The number of carbonyl (C=O) groups excluding carboxylic acids is 2. The molecule has 1 radical (unpaired) electrons. The summed E-state index contributed by atoms with van der Waals surface area (Å²) in [4.78, 5) is 91.1. The van der Waals surface area contributed by atoms with Crippen LogP contribution in [0.5, 0.6) is 0 Å². The summed E-state index contributed by atoms with van der Waals surface area (Å²) in [6.07, 6.45) is 0.560. The molecule has 1 aromatic carbocycles. The number of nitrogens with two attached hydrogens (primary N) is 2. The Hall–Kier alpha value is -3.25. The number of hydrogen-bond donors (Lipinski definition) is 9. The van der Waals surface area contributed by atoms with Gasteiger partial charge in [-0.05, 0) is 30.7 Å². The van der Waals surface area contributed by atoms with E-state index in [0.717, 1.165) is 0 Å². The first-order valence-electron chi connectivity index (χ1n) is 12.2. The summed E-state index contributed by atoms with van der Waals surface area (Å²) in [6.45, 7) is -0.742. The van der Waals surface area contributed by atoms with E-state index in [9.17, 15) is 28.6 Å². The van der Waals surface area contributed by atoms with E-state index in [1.54, 1.807) is 24.1 Å². The Morgan fingerprint density at radius 2 is 1.61 bits per heavy atom. The second kappa shape index (κ2) is 15.2. The maximum atomic E-state index is 12.7. The van der Waals surface area contributed by atoms with E-state index >= 15 is 0 Å². The van der Waals surface area contributed by atoms with Crippen molar-refractivity contribution in [3.05, 3.63) is 41.7 Å². The molecule has 1 unspecified atom stereocenters. The zero-order chi connectivity index (χ0) is 32.1. The summed E-state index contributed by atoms with van der Waals surface area (Å²) in [5, 5.41) is 11.3. The van der Waals surface area contributed by atoms with Gasteiger partial charge in [-0.2, -0.15) is 9.97 Å². The SMILES string of the molecule is CN(Cc1cnc2nc(N)nc(N)c2n1)c1ccc(C(=O)NC(CCC(=O)NCC(P(=O)(O)O)P(=O)(O)O)C(=O)O)cc1.[Na]. The molecular weight excluding hydrogens is 635 g/mol. The Labute approximate surface area is 271 Å². The normalized spacial score (nSPS) is 12.3. The number of carboxylic acids is 1. The maximum Gasteiger partial charge on any atom is 0.342 e. The summed E-state index contributed by atoms with van der Waals surface area (Å²) in [6, 6.07) is 4.63. The topological polar surface area (TPSA) is 317 Å². The Morgan fingerprint density at radius 3 is 2.18 bits per heavy atom. The average Bonchev–Trinajstić information content (AvgIpc) is 2.89. The largest absolute Gasteiger partial charge is 0.480 e. The van der Waals surface area contributed by atoms with Crippen LogP contribution in [0.15, 0.2) is 30.5 Å². The molecule has 2 heterocycles. The number of fused-ring (bicyclic) bond motifs is 1. The Kier molecular flexibility index (Phi) is 12.7. The number of carbonyl (C=O) groups is 3. The van der Waals surface area contributed by atoms with Crippen LogP contribution in [0.3, 0.4) is 0 Å². The van der Waals surface area contributed by atoms with Crippen molar-refractivity contribution >= 4 is 91.1 Å². The van der Waals surface area contributed by atoms with Crippen LogP contribution in [0.1, 0.15) is 28.9 Å². The van der Waals surface area contributed by atoms with Crippen LogP contribution in [0.4, 0.5) is 17.5 Å². The second-order valence-corrected chi connectivity index (χ2v) is 13.3. The van der Waals surface area contributed by atoms with Gasteiger partial charge in [-0.3, -0.25) is 18.7 Å². The molecule has 3 aromatic rings. The summed E-state index contributed by atoms with van der Waals surface area (Å²) in [5.74, 6) is -3.08. The van der Waals surface area contributed by atoms with Crippen molar-refractivity contribution in [2.45, 2.75) is 30.8 Å². The third-order valence-electron chi connectivity index (χ3n) is 5.99. The van der Waals surface area contributed by atoms with Gasteiger partial charge in [0.05, 0.1) is 18.4 Å². The molecule has 1 atom stereocenters. The molecule has 44 heavy (non-hydrogen) atoms. The fourth-order valence-corrected chi connectivity index (χ4v) is 5.99. The number of amides is 2. The minimum absolute atomic E-state index is 0. The minimum Gasteiger partial charge on any atom is -0.480 e. The fraction of sp³-hybridized carbons (Fsp3) is 0.318. The number of nitrogens with one attached hydrogen (secondary N) is 2. The van der Waals surface area contributed by atoms with Crippen molar-refractivity contribution in [3.8, 4) is 0 Å². The van der Waals surface area contributed by atoms with Crippen LogP contribution in [0.2, 0.25) is 0 Å². The summed E-state index contributed by atoms with van der Waals surface area (Å²) < 4.78 is 22.6. The zero-order valence-corrected chi connectivity index (χ0v) is 27.2. The number of nitrogen functional groups attached to an aromatic ring is 2. The third kappa shape index (κ3) is 10.2. The van der Waals surface area contributed by atoms with E-state index in [1.807, 2.05) is 5.32 Å². The standard InChI is InChI=1S/C22H29N9O10P2.Na/c1-31(10-12-8-26-19-17(27-12)18(23)29-22(24)30-19)13-4-2-11(3-5-13)20(33)28-14(21(34)35)6-7-15(32)25-9-16(42(36,37)38)43(39,40)41;/h2-5,8,14,16H,6-7,9-10H2,1H3,(H,25,32)(H,28,33)(H,34,35)(H2,36,37,38)(H2,39,40,41)(H4,23,24,26,29,30);. The Morgan fingerprint density at radius 1 is 1.00 bits per heavy atom. The molecule has 0 spiro atoms. The van der Waals surface area contributed by atoms with Gasteiger partial charge in [0.2, 0.25) is 11.9 Å². The maximum absolute atomic E-state index is 12.7. The molecule has 2 aromatic heterocycles. The first-order valence-corrected chi connectivity index (χ1v) is 15.6. The number of carboxylic acid groups (broad SMARTS) is 1. The monoisotopic (exact) mass is 664 g/mol. The van der Waals surface area contributed by atoms with E-state index in [-0.39, 0.29) is 52.5 Å². The van der Waals surface area contributed by atoms with Gasteiger partial charge in [0, 0.05) is 60.8 Å². The predicted octanol–water partition coefficient (Wildman–Crippen LogP) is -1.40. The van der Waals surface area contributed by atoms with Crippen LogP contribution in [0, 0.1) is 0 Å². The van der Waals surface area contributed by atoms with E-state index in [2.05, 4.69) is 25.3 Å². The molecule has 3 rings (SSSR count). The van der Waals surface area contributed by atoms with E-state index < -0.39 is 63.8 Å². The van der Waals surface area contributed by atoms with Crippen molar-refractivity contribution in [2.24, 2.45) is 0 Å². The molecule has 0 aliphatic rings. The van der Waals surface area contributed by atoms with Gasteiger partial charge in [-0.15, -0.1) is 0 Å². The van der Waals surface area contributed by atoms with Crippen molar-refractivity contribution in [1.29, 1.82) is 0 Å².